The number of fused-ring (bicyclic) bond motifs is 10. The third-order valence-corrected chi connectivity index (χ3v) is 15.4. The Morgan fingerprint density at radius 2 is 0.817 bits per heavy atom. The van der Waals surface area contributed by atoms with Crippen LogP contribution in [0.15, 0.2) is 188 Å². The molecule has 2 heteroatoms. The van der Waals surface area contributed by atoms with Crippen LogP contribution in [-0.2, 0) is 6.42 Å². The summed E-state index contributed by atoms with van der Waals surface area (Å²) in [4.78, 5) is 0. The number of thiophene rings is 2. The number of hydrogen-bond donors (Lipinski definition) is 0. The van der Waals surface area contributed by atoms with E-state index < -0.39 is 0 Å². The Hall–Kier alpha value is -6.84. The van der Waals surface area contributed by atoms with E-state index in [1.165, 1.54) is 128 Å². The number of hydrogen-bond acceptors (Lipinski definition) is 2. The monoisotopic (exact) mass is 796 g/mol. The molecule has 1 aliphatic rings. The quantitative estimate of drug-likeness (QED) is 0.156. The molecule has 13 rings (SSSR count). The van der Waals surface area contributed by atoms with Gasteiger partial charge in [-0.1, -0.05) is 182 Å². The fourth-order valence-corrected chi connectivity index (χ4v) is 12.9. The fraction of sp³-hybridized carbons (Fsp3) is 0.0345. The smallest absolute Gasteiger partial charge is 0.0434 e. The maximum Gasteiger partial charge on any atom is 0.0434 e. The van der Waals surface area contributed by atoms with Gasteiger partial charge in [0.25, 0.3) is 0 Å². The van der Waals surface area contributed by atoms with Crippen LogP contribution in [-0.4, -0.2) is 0 Å². The van der Waals surface area contributed by atoms with E-state index in [0.717, 1.165) is 12.8 Å². The summed E-state index contributed by atoms with van der Waals surface area (Å²) in [6.07, 6.45) is 6.86. The maximum absolute atomic E-state index is 2.47. The highest BCUT2D eigenvalue weighted by Crippen LogP contribution is 2.51. The second-order valence-corrected chi connectivity index (χ2v) is 18.2. The second kappa shape index (κ2) is 13.3. The Kier molecular flexibility index (Phi) is 7.57. The van der Waals surface area contributed by atoms with Crippen molar-refractivity contribution >= 4 is 101 Å². The average Bonchev–Trinajstić information content (AvgIpc) is 3.89. The van der Waals surface area contributed by atoms with Gasteiger partial charge < -0.3 is 0 Å². The molecular formula is C58H36S2. The topological polar surface area (TPSA) is 0 Å². The molecule has 0 bridgehead atoms. The van der Waals surface area contributed by atoms with Crippen LogP contribution in [0, 0.1) is 0 Å². The van der Waals surface area contributed by atoms with Gasteiger partial charge in [0.1, 0.15) is 0 Å². The minimum Gasteiger partial charge on any atom is -0.135 e. The van der Waals surface area contributed by atoms with Crippen LogP contribution in [0.1, 0.15) is 17.5 Å². The zero-order valence-electron chi connectivity index (χ0n) is 32.7. The Labute approximate surface area is 355 Å². The molecule has 0 spiro atoms. The Morgan fingerprint density at radius 1 is 0.333 bits per heavy atom. The van der Waals surface area contributed by atoms with E-state index in [-0.39, 0.29) is 0 Å². The van der Waals surface area contributed by atoms with Gasteiger partial charge in [-0.05, 0) is 102 Å². The van der Waals surface area contributed by atoms with Gasteiger partial charge >= 0.3 is 0 Å². The highest BCUT2D eigenvalue weighted by atomic mass is 32.1. The summed E-state index contributed by atoms with van der Waals surface area (Å²) in [7, 11) is 0. The summed E-state index contributed by atoms with van der Waals surface area (Å²) in [6, 6.07) is 68.1. The third-order valence-electron chi connectivity index (χ3n) is 12.9. The van der Waals surface area contributed by atoms with Crippen molar-refractivity contribution < 1.29 is 0 Å². The Morgan fingerprint density at radius 3 is 1.43 bits per heavy atom. The minimum atomic E-state index is 1.04. The van der Waals surface area contributed by atoms with E-state index in [9.17, 15) is 0 Å². The van der Waals surface area contributed by atoms with Crippen LogP contribution in [0.5, 0.6) is 0 Å². The predicted molar refractivity (Wildman–Crippen MR) is 264 cm³/mol. The van der Waals surface area contributed by atoms with Crippen LogP contribution in [0.4, 0.5) is 0 Å². The van der Waals surface area contributed by atoms with Crippen molar-refractivity contribution in [3.8, 4) is 44.5 Å². The standard InChI is InChI=1S/C58H36S2/c1-2-16-35(17-3-1)53-39-19-4-6-21-41(39)54(42-22-7-5-20-40(42)53)36-32-33-38-48-28-15-30-50(58(48)60-52(38)34-36)56-45-25-10-8-23-43(45)55(44-24-9-11-26-46(44)56)49-29-14-27-47-37-18-12-13-31-51(37)59-57(47)49/h1-4,6-19,21-34H,5,20H2. The molecule has 0 nitrogen and oxygen atoms in total. The normalized spacial score (nSPS) is 12.8. The van der Waals surface area contributed by atoms with Crippen LogP contribution in [0.3, 0.4) is 0 Å². The van der Waals surface area contributed by atoms with Crippen LogP contribution < -0.4 is 0 Å². The van der Waals surface area contributed by atoms with Crippen molar-refractivity contribution in [3.05, 3.63) is 199 Å². The van der Waals surface area contributed by atoms with E-state index >= 15 is 0 Å². The summed E-state index contributed by atoms with van der Waals surface area (Å²) >= 11 is 3.85. The predicted octanol–water partition coefficient (Wildman–Crippen LogP) is 17.5. The van der Waals surface area contributed by atoms with Crippen molar-refractivity contribution in [2.75, 3.05) is 0 Å². The first-order valence-electron chi connectivity index (χ1n) is 20.9. The molecule has 12 aromatic rings. The molecule has 10 aromatic carbocycles. The lowest BCUT2D eigenvalue weighted by Gasteiger charge is -2.23. The highest BCUT2D eigenvalue weighted by Gasteiger charge is 2.24. The van der Waals surface area contributed by atoms with Gasteiger partial charge in [-0.15, -0.1) is 22.7 Å². The molecule has 0 N–H and O–H groups in total. The minimum absolute atomic E-state index is 1.04. The van der Waals surface area contributed by atoms with E-state index in [2.05, 4.69) is 194 Å². The van der Waals surface area contributed by atoms with Gasteiger partial charge in [-0.25, -0.2) is 0 Å². The molecule has 0 atom stereocenters. The lowest BCUT2D eigenvalue weighted by molar-refractivity contribution is 0.991. The SMILES string of the molecule is C1=Cc2c(c(-c3ccccc3)c3ccccc3c2-c2ccc3c(c2)sc2c(-c4c5ccccc5c(-c5cccc6c5sc5ccccc56)c5ccccc45)cccc23)CC1. The summed E-state index contributed by atoms with van der Waals surface area (Å²) in [5, 5.41) is 13.1. The first-order valence-corrected chi connectivity index (χ1v) is 22.5. The van der Waals surface area contributed by atoms with Crippen molar-refractivity contribution in [2.45, 2.75) is 12.8 Å². The van der Waals surface area contributed by atoms with Crippen LogP contribution in [0.25, 0.3) is 123 Å². The molecule has 0 fully saturated rings. The molecule has 280 valence electrons. The summed E-state index contributed by atoms with van der Waals surface area (Å²) in [5.41, 5.74) is 13.4. The fourth-order valence-electron chi connectivity index (χ4n) is 10.4. The van der Waals surface area contributed by atoms with Crippen molar-refractivity contribution in [2.24, 2.45) is 0 Å². The van der Waals surface area contributed by atoms with Crippen molar-refractivity contribution in [3.63, 3.8) is 0 Å². The lowest BCUT2D eigenvalue weighted by atomic mass is 9.80. The van der Waals surface area contributed by atoms with Gasteiger partial charge in [0, 0.05) is 51.5 Å². The number of allylic oxidation sites excluding steroid dienone is 1. The van der Waals surface area contributed by atoms with E-state index in [0.29, 0.717) is 0 Å². The molecule has 0 amide bonds. The molecular weight excluding hydrogens is 761 g/mol. The van der Waals surface area contributed by atoms with Gasteiger partial charge in [0.15, 0.2) is 0 Å². The zero-order chi connectivity index (χ0) is 39.3. The first-order chi connectivity index (χ1) is 29.8. The zero-order valence-corrected chi connectivity index (χ0v) is 34.3. The van der Waals surface area contributed by atoms with Gasteiger partial charge in [-0.2, -0.15) is 0 Å². The molecule has 2 aromatic heterocycles. The summed E-state index contributed by atoms with van der Waals surface area (Å²) < 4.78 is 5.34. The average molecular weight is 797 g/mol. The third kappa shape index (κ3) is 4.96. The molecule has 0 unspecified atom stereocenters. The molecule has 0 saturated carbocycles. The van der Waals surface area contributed by atoms with Gasteiger partial charge in [-0.3, -0.25) is 0 Å². The highest BCUT2D eigenvalue weighted by molar-refractivity contribution is 7.26. The maximum atomic E-state index is 2.47. The van der Waals surface area contributed by atoms with Gasteiger partial charge in [0.05, 0.1) is 0 Å². The van der Waals surface area contributed by atoms with Crippen LogP contribution >= 0.6 is 22.7 Å². The van der Waals surface area contributed by atoms with Crippen molar-refractivity contribution in [1.29, 1.82) is 0 Å². The van der Waals surface area contributed by atoms with E-state index in [1.54, 1.807) is 0 Å². The second-order valence-electron chi connectivity index (χ2n) is 16.1. The van der Waals surface area contributed by atoms with Gasteiger partial charge in [0.2, 0.25) is 0 Å². The Bertz CT molecular complexity index is 3710. The van der Waals surface area contributed by atoms with E-state index in [4.69, 9.17) is 0 Å². The lowest BCUT2D eigenvalue weighted by Crippen LogP contribution is -2.02. The number of benzene rings is 10. The first kappa shape index (κ1) is 34.1. The molecule has 1 aliphatic carbocycles. The van der Waals surface area contributed by atoms with Crippen molar-refractivity contribution in [1.82, 2.24) is 0 Å². The molecule has 0 saturated heterocycles. The van der Waals surface area contributed by atoms with Crippen LogP contribution in [0.2, 0.25) is 0 Å². The summed E-state index contributed by atoms with van der Waals surface area (Å²) in [6.45, 7) is 0. The number of rotatable bonds is 4. The molecule has 2 heterocycles. The summed E-state index contributed by atoms with van der Waals surface area (Å²) in [5.74, 6) is 0. The largest absolute Gasteiger partial charge is 0.135 e. The van der Waals surface area contributed by atoms with E-state index in [1.807, 2.05) is 22.7 Å². The molecule has 60 heavy (non-hydrogen) atoms. The molecule has 0 aliphatic heterocycles. The Balaban J connectivity index is 1.05. The molecule has 0 radical (unpaired) electrons.